The van der Waals surface area contributed by atoms with Crippen LogP contribution in [0.4, 0.5) is 4.79 Å². The van der Waals surface area contributed by atoms with Gasteiger partial charge in [-0.25, -0.2) is 4.79 Å². The van der Waals surface area contributed by atoms with Crippen LogP contribution >= 0.6 is 0 Å². The van der Waals surface area contributed by atoms with Crippen molar-refractivity contribution in [2.75, 3.05) is 26.7 Å². The van der Waals surface area contributed by atoms with Gasteiger partial charge in [-0.1, -0.05) is 54.5 Å². The summed E-state index contributed by atoms with van der Waals surface area (Å²) in [6, 6.07) is 3.10. The Bertz CT molecular complexity index is 1270. The van der Waals surface area contributed by atoms with E-state index in [1.54, 1.807) is 45.0 Å². The molecule has 1 aromatic rings. The van der Waals surface area contributed by atoms with E-state index in [0.717, 1.165) is 0 Å². The lowest BCUT2D eigenvalue weighted by molar-refractivity contribution is -0.143. The lowest BCUT2D eigenvalue weighted by Crippen LogP contribution is -2.61. The monoisotopic (exact) mass is 641 g/mol. The zero-order valence-corrected chi connectivity index (χ0v) is 28.4. The topological polar surface area (TPSA) is 163 Å². The molecule has 254 valence electrons. The van der Waals surface area contributed by atoms with Gasteiger partial charge < -0.3 is 30.9 Å². The molecule has 1 saturated heterocycles. The van der Waals surface area contributed by atoms with Crippen LogP contribution < -0.4 is 26.0 Å². The number of rotatable bonds is 15. The van der Waals surface area contributed by atoms with Gasteiger partial charge in [-0.3, -0.25) is 24.0 Å². The molecule has 0 saturated carbocycles. The van der Waals surface area contributed by atoms with Crippen molar-refractivity contribution in [2.24, 2.45) is 23.2 Å². The first-order valence-corrected chi connectivity index (χ1v) is 15.8. The number of ether oxygens (including phenoxy) is 1. The molecule has 0 radical (unpaired) electrons. The van der Waals surface area contributed by atoms with Crippen LogP contribution in [-0.4, -0.2) is 85.1 Å². The van der Waals surface area contributed by atoms with Crippen LogP contribution in [0.15, 0.2) is 36.9 Å². The number of hydrogen-bond acceptors (Lipinski definition) is 7. The minimum Gasteiger partial charge on any atom is -0.497 e. The molecule has 0 spiro atoms. The number of nitrogens with zero attached hydrogens (tertiary/aromatic N) is 1. The summed E-state index contributed by atoms with van der Waals surface area (Å²) in [6.45, 7) is 16.4. The van der Waals surface area contributed by atoms with Crippen molar-refractivity contribution in [3.8, 4) is 5.75 Å². The predicted molar refractivity (Wildman–Crippen MR) is 175 cm³/mol. The first-order chi connectivity index (χ1) is 21.5. The van der Waals surface area contributed by atoms with E-state index < -0.39 is 59.6 Å². The number of methoxy groups -OCH3 is 1. The largest absolute Gasteiger partial charge is 0.497 e. The zero-order chi connectivity index (χ0) is 34.8. The molecule has 12 nitrogen and oxygen atoms in total. The first-order valence-electron chi connectivity index (χ1n) is 15.8. The third-order valence-corrected chi connectivity index (χ3v) is 7.93. The van der Waals surface area contributed by atoms with Crippen LogP contribution in [0.3, 0.4) is 0 Å². The second-order valence-electron chi connectivity index (χ2n) is 13.5. The number of benzene rings is 1. The molecular weight excluding hydrogens is 590 g/mol. The van der Waals surface area contributed by atoms with E-state index in [1.807, 2.05) is 27.7 Å². The highest BCUT2D eigenvalue weighted by Crippen LogP contribution is 2.33. The summed E-state index contributed by atoms with van der Waals surface area (Å²) >= 11 is 0. The average Bonchev–Trinajstić information content (AvgIpc) is 3.41. The highest BCUT2D eigenvalue weighted by Gasteiger charge is 2.46. The van der Waals surface area contributed by atoms with E-state index >= 15 is 0 Å². The third-order valence-electron chi connectivity index (χ3n) is 7.93. The van der Waals surface area contributed by atoms with Gasteiger partial charge in [-0.05, 0) is 60.3 Å². The Kier molecular flexibility index (Phi) is 14.0. The van der Waals surface area contributed by atoms with Crippen molar-refractivity contribution < 1.29 is 33.5 Å². The lowest BCUT2D eigenvalue weighted by Gasteiger charge is -2.36. The number of urea groups is 1. The maximum atomic E-state index is 14.2. The summed E-state index contributed by atoms with van der Waals surface area (Å²) in [4.78, 5) is 80.1. The lowest BCUT2D eigenvalue weighted by atomic mass is 9.85. The average molecular weight is 642 g/mol. The summed E-state index contributed by atoms with van der Waals surface area (Å²) in [5.41, 5.74) is -0.361. The Morgan fingerprint density at radius 1 is 1.00 bits per heavy atom. The quantitative estimate of drug-likeness (QED) is 0.130. The maximum absolute atomic E-state index is 14.2. The number of Topliss-reactive ketones (excluding diaryl/α,β-unsaturated/α-hetero) is 2. The molecule has 1 fully saturated rings. The van der Waals surface area contributed by atoms with E-state index in [-0.39, 0.29) is 36.6 Å². The summed E-state index contributed by atoms with van der Waals surface area (Å²) in [6.07, 6.45) is 2.65. The van der Waals surface area contributed by atoms with E-state index in [2.05, 4.69) is 27.8 Å². The van der Waals surface area contributed by atoms with Gasteiger partial charge in [0.15, 0.2) is 5.78 Å². The van der Waals surface area contributed by atoms with Gasteiger partial charge in [0.1, 0.15) is 17.8 Å². The van der Waals surface area contributed by atoms with Crippen molar-refractivity contribution in [3.05, 3.63) is 42.5 Å². The smallest absolute Gasteiger partial charge is 0.316 e. The van der Waals surface area contributed by atoms with Gasteiger partial charge in [0, 0.05) is 18.7 Å². The molecule has 1 aromatic carbocycles. The number of likely N-dealkylation sites (tertiary alicyclic amines) is 1. The minimum absolute atomic E-state index is 0.113. The minimum atomic E-state index is -1.05. The molecular formula is C34H51N5O7. The zero-order valence-electron chi connectivity index (χ0n) is 28.4. The molecule has 12 heteroatoms. The van der Waals surface area contributed by atoms with Crippen LogP contribution in [-0.2, 0) is 19.2 Å². The van der Waals surface area contributed by atoms with Crippen molar-refractivity contribution >= 4 is 35.3 Å². The van der Waals surface area contributed by atoms with Crippen molar-refractivity contribution in [2.45, 2.75) is 79.4 Å². The Morgan fingerprint density at radius 2 is 1.63 bits per heavy atom. The fourth-order valence-electron chi connectivity index (χ4n) is 5.53. The molecule has 0 aliphatic carbocycles. The SMILES string of the molecule is C=CCNC(=O)C(=O)CNC(=O)[C@@H]1[C@@H](CC(C)C)CCN1C(=O)[C@@H](NC(=O)N[C@H](C(=O)c1ccc(OC)cc1)C(C)C)C(C)(C)C. The normalized spacial score (nSPS) is 17.6. The van der Waals surface area contributed by atoms with Crippen molar-refractivity contribution in [1.29, 1.82) is 0 Å². The van der Waals surface area contributed by atoms with Gasteiger partial charge in [0.25, 0.3) is 5.91 Å². The molecule has 2 rings (SSSR count). The van der Waals surface area contributed by atoms with Gasteiger partial charge in [-0.15, -0.1) is 6.58 Å². The Balaban J connectivity index is 2.26. The highest BCUT2D eigenvalue weighted by molar-refractivity contribution is 6.37. The van der Waals surface area contributed by atoms with E-state index in [1.165, 1.54) is 18.1 Å². The molecule has 4 atom stereocenters. The summed E-state index contributed by atoms with van der Waals surface area (Å²) in [5, 5.41) is 10.5. The first kappa shape index (κ1) is 38.0. The predicted octanol–water partition coefficient (Wildman–Crippen LogP) is 2.87. The van der Waals surface area contributed by atoms with Gasteiger partial charge in [0.05, 0.1) is 19.7 Å². The second kappa shape index (κ2) is 16.9. The Hall–Kier alpha value is -4.22. The molecule has 1 aliphatic rings. The molecule has 0 aromatic heterocycles. The number of ketones is 2. The van der Waals surface area contributed by atoms with Crippen LogP contribution in [0, 0.1) is 23.2 Å². The molecule has 5 amide bonds. The Labute approximate surface area is 272 Å². The number of hydrogen-bond donors (Lipinski definition) is 4. The summed E-state index contributed by atoms with van der Waals surface area (Å²) in [5.74, 6) is -2.54. The number of nitrogens with one attached hydrogen (secondary N) is 4. The van der Waals surface area contributed by atoms with Crippen LogP contribution in [0.1, 0.15) is 71.7 Å². The van der Waals surface area contributed by atoms with Crippen LogP contribution in [0.5, 0.6) is 5.75 Å². The van der Waals surface area contributed by atoms with E-state index in [0.29, 0.717) is 24.2 Å². The second-order valence-corrected chi connectivity index (χ2v) is 13.5. The fraction of sp³-hybridized carbons (Fsp3) is 0.588. The molecule has 1 heterocycles. The maximum Gasteiger partial charge on any atom is 0.316 e. The molecule has 0 unspecified atom stereocenters. The van der Waals surface area contributed by atoms with Gasteiger partial charge in [0.2, 0.25) is 17.6 Å². The molecule has 0 bridgehead atoms. The third kappa shape index (κ3) is 10.4. The molecule has 4 N–H and O–H groups in total. The van der Waals surface area contributed by atoms with Gasteiger partial charge in [-0.2, -0.15) is 0 Å². The van der Waals surface area contributed by atoms with E-state index in [4.69, 9.17) is 4.74 Å². The van der Waals surface area contributed by atoms with Crippen molar-refractivity contribution in [3.63, 3.8) is 0 Å². The molecule has 46 heavy (non-hydrogen) atoms. The number of carbonyl (C=O) groups excluding carboxylic acids is 6. The summed E-state index contributed by atoms with van der Waals surface area (Å²) in [7, 11) is 1.53. The van der Waals surface area contributed by atoms with Crippen LogP contribution in [0.2, 0.25) is 0 Å². The van der Waals surface area contributed by atoms with Crippen molar-refractivity contribution in [1.82, 2.24) is 26.2 Å². The number of carbonyl (C=O) groups is 6. The number of amides is 5. The van der Waals surface area contributed by atoms with E-state index in [9.17, 15) is 28.8 Å². The summed E-state index contributed by atoms with van der Waals surface area (Å²) < 4.78 is 5.17. The highest BCUT2D eigenvalue weighted by atomic mass is 16.5. The standard InChI is InChI=1S/C34H51N5O7/c1-10-16-35-30(42)25(40)19-36-31(43)27-23(18-20(2)3)15-17-39(27)32(44)29(34(6,7)8)38-33(45)37-26(21(4)5)28(41)22-11-13-24(46-9)14-12-22/h10-14,20-21,23,26-27,29H,1,15-19H2,2-9H3,(H,35,42)(H,36,43)(H2,37,38,45)/t23-,26+,27+,29-/m1/s1. The molecule has 1 aliphatic heterocycles. The van der Waals surface area contributed by atoms with Crippen LogP contribution in [0.25, 0.3) is 0 Å². The Morgan fingerprint density at radius 3 is 2.15 bits per heavy atom. The fourth-order valence-corrected chi connectivity index (χ4v) is 5.53. The van der Waals surface area contributed by atoms with Gasteiger partial charge >= 0.3 is 6.03 Å².